The predicted molar refractivity (Wildman–Crippen MR) is 147 cm³/mol. The number of hydrogen-bond acceptors (Lipinski definition) is 5. The van der Waals surface area contributed by atoms with Crippen molar-refractivity contribution < 1.29 is 19.1 Å². The highest BCUT2D eigenvalue weighted by molar-refractivity contribution is 5.72. The van der Waals surface area contributed by atoms with E-state index >= 15 is 0 Å². The Hall–Kier alpha value is -2.11. The van der Waals surface area contributed by atoms with E-state index in [4.69, 9.17) is 9.47 Å². The minimum absolute atomic E-state index is 0.181. The number of carbonyl (C=O) groups is 2. The van der Waals surface area contributed by atoms with Gasteiger partial charge < -0.3 is 14.4 Å². The van der Waals surface area contributed by atoms with Gasteiger partial charge in [-0.1, -0.05) is 63.9 Å². The fourth-order valence-corrected chi connectivity index (χ4v) is 4.01. The first-order chi connectivity index (χ1) is 17.0. The van der Waals surface area contributed by atoms with Crippen molar-refractivity contribution >= 4 is 12.1 Å². The number of nitrogens with zero attached hydrogens (tertiary/aromatic N) is 2. The van der Waals surface area contributed by atoms with Crippen LogP contribution in [0.4, 0.5) is 4.79 Å². The van der Waals surface area contributed by atoms with Gasteiger partial charge in [-0.3, -0.25) is 9.78 Å². The van der Waals surface area contributed by atoms with E-state index in [1.807, 2.05) is 60.0 Å². The minimum atomic E-state index is -0.555. The first kappa shape index (κ1) is 31.9. The first-order valence-corrected chi connectivity index (χ1v) is 14.0. The topological polar surface area (TPSA) is 68.7 Å². The van der Waals surface area contributed by atoms with Crippen LogP contribution in [0.2, 0.25) is 0 Å². The maximum atomic E-state index is 12.6. The van der Waals surface area contributed by atoms with Crippen molar-refractivity contribution in [2.24, 2.45) is 0 Å². The molecule has 0 radical (unpaired) electrons. The highest BCUT2D eigenvalue weighted by atomic mass is 16.6. The molecular formula is C30H52N2O4. The molecule has 0 saturated heterocycles. The molecule has 206 valence electrons. The van der Waals surface area contributed by atoms with E-state index in [2.05, 4.69) is 11.1 Å². The predicted octanol–water partition coefficient (Wildman–Crippen LogP) is 7.88. The fraction of sp³-hybridized carbons (Fsp3) is 0.767. The lowest BCUT2D eigenvalue weighted by molar-refractivity contribution is -0.155. The molecule has 0 N–H and O–H groups in total. The fourth-order valence-electron chi connectivity index (χ4n) is 4.01. The number of unbranched alkanes of at least 4 members (excludes halogenated alkanes) is 10. The van der Waals surface area contributed by atoms with Crippen LogP contribution in [0.3, 0.4) is 0 Å². The van der Waals surface area contributed by atoms with Crippen molar-refractivity contribution in [3.05, 3.63) is 30.1 Å². The minimum Gasteiger partial charge on any atom is -0.460 e. The summed E-state index contributed by atoms with van der Waals surface area (Å²) >= 11 is 0. The molecule has 36 heavy (non-hydrogen) atoms. The van der Waals surface area contributed by atoms with Gasteiger partial charge in [0.05, 0.1) is 6.42 Å². The molecule has 1 heterocycles. The molecule has 0 aromatic carbocycles. The van der Waals surface area contributed by atoms with E-state index in [0.717, 1.165) is 19.3 Å². The third kappa shape index (κ3) is 18.2. The molecule has 1 amide bonds. The Labute approximate surface area is 220 Å². The van der Waals surface area contributed by atoms with Gasteiger partial charge in [0.25, 0.3) is 0 Å². The van der Waals surface area contributed by atoms with Gasteiger partial charge in [-0.2, -0.15) is 0 Å². The number of rotatable bonds is 17. The average Bonchev–Trinajstić information content (AvgIpc) is 2.77. The number of pyridine rings is 1. The van der Waals surface area contributed by atoms with Crippen LogP contribution >= 0.6 is 0 Å². The largest absolute Gasteiger partial charge is 0.460 e. The molecule has 0 unspecified atom stereocenters. The zero-order valence-corrected chi connectivity index (χ0v) is 23.9. The lowest BCUT2D eigenvalue weighted by Gasteiger charge is -2.28. The van der Waals surface area contributed by atoms with E-state index in [0.29, 0.717) is 13.1 Å². The maximum absolute atomic E-state index is 12.6. The average molecular weight is 505 g/mol. The second kappa shape index (κ2) is 17.4. The van der Waals surface area contributed by atoms with Crippen molar-refractivity contribution in [3.8, 4) is 0 Å². The van der Waals surface area contributed by atoms with Crippen LogP contribution in [0.1, 0.15) is 124 Å². The van der Waals surface area contributed by atoms with E-state index in [1.54, 1.807) is 4.90 Å². The van der Waals surface area contributed by atoms with Crippen LogP contribution in [0.25, 0.3) is 0 Å². The smallest absolute Gasteiger partial charge is 0.410 e. The summed E-state index contributed by atoms with van der Waals surface area (Å²) in [4.78, 5) is 30.5. The van der Waals surface area contributed by atoms with Crippen LogP contribution < -0.4 is 0 Å². The summed E-state index contributed by atoms with van der Waals surface area (Å²) in [5, 5.41) is 0. The monoisotopic (exact) mass is 504 g/mol. The molecule has 0 spiro atoms. The number of carbonyl (C=O) groups excluding carboxylic acids is 2. The molecule has 1 aromatic heterocycles. The van der Waals surface area contributed by atoms with E-state index in [-0.39, 0.29) is 18.5 Å². The van der Waals surface area contributed by atoms with Crippen LogP contribution in [-0.4, -0.2) is 46.2 Å². The van der Waals surface area contributed by atoms with Crippen LogP contribution in [0.15, 0.2) is 24.5 Å². The van der Waals surface area contributed by atoms with Gasteiger partial charge in [0, 0.05) is 25.5 Å². The normalized spacial score (nSPS) is 11.8. The zero-order chi connectivity index (χ0) is 26.9. The summed E-state index contributed by atoms with van der Waals surface area (Å²) in [5.41, 5.74) is 0.268. The maximum Gasteiger partial charge on any atom is 0.410 e. The molecule has 1 aromatic rings. The van der Waals surface area contributed by atoms with E-state index < -0.39 is 11.2 Å². The van der Waals surface area contributed by atoms with Crippen molar-refractivity contribution in [1.82, 2.24) is 9.88 Å². The molecule has 0 fully saturated rings. The van der Waals surface area contributed by atoms with Gasteiger partial charge >= 0.3 is 12.1 Å². The standard InChI is InChI=1S/C30H52N2O4/c1-29(2,3)35-27(33)21-24-32(28(34)36-30(4,5)6)23-17-15-13-11-9-7-8-10-12-14-16-19-26-20-18-22-31-25-26/h18,20,22,25H,7-17,19,21,23-24H2,1-6H3. The van der Waals surface area contributed by atoms with Gasteiger partial charge in [-0.05, 0) is 72.4 Å². The SMILES string of the molecule is CC(C)(C)OC(=O)CCN(CCCCCCCCCCCCCc1cccnc1)C(=O)OC(C)(C)C. The number of hydrogen-bond donors (Lipinski definition) is 0. The van der Waals surface area contributed by atoms with Crippen molar-refractivity contribution in [1.29, 1.82) is 0 Å². The number of amides is 1. The van der Waals surface area contributed by atoms with E-state index in [9.17, 15) is 9.59 Å². The Balaban J connectivity index is 2.13. The molecule has 1 rings (SSSR count). The van der Waals surface area contributed by atoms with Gasteiger partial charge in [0.15, 0.2) is 0 Å². The Bertz CT molecular complexity index is 723. The van der Waals surface area contributed by atoms with Gasteiger partial charge in [0.1, 0.15) is 11.2 Å². The molecule has 0 atom stereocenters. The van der Waals surface area contributed by atoms with Gasteiger partial charge in [-0.15, -0.1) is 0 Å². The molecule has 6 nitrogen and oxygen atoms in total. The zero-order valence-electron chi connectivity index (χ0n) is 23.9. The highest BCUT2D eigenvalue weighted by Crippen LogP contribution is 2.15. The number of aryl methyl sites for hydroxylation is 1. The Morgan fingerprint density at radius 2 is 1.28 bits per heavy atom. The highest BCUT2D eigenvalue weighted by Gasteiger charge is 2.23. The van der Waals surface area contributed by atoms with Gasteiger partial charge in [-0.25, -0.2) is 4.79 Å². The molecule has 0 saturated carbocycles. The lowest BCUT2D eigenvalue weighted by atomic mass is 10.0. The van der Waals surface area contributed by atoms with Crippen LogP contribution in [0.5, 0.6) is 0 Å². The molecule has 6 heteroatoms. The summed E-state index contributed by atoms with van der Waals surface area (Å²) < 4.78 is 10.9. The quantitative estimate of drug-likeness (QED) is 0.159. The third-order valence-electron chi connectivity index (χ3n) is 5.77. The van der Waals surface area contributed by atoms with Crippen molar-refractivity contribution in [3.63, 3.8) is 0 Å². The summed E-state index contributed by atoms with van der Waals surface area (Å²) in [5.74, 6) is -0.287. The first-order valence-electron chi connectivity index (χ1n) is 14.0. The summed E-state index contributed by atoms with van der Waals surface area (Å²) in [6.07, 6.45) is 18.3. The van der Waals surface area contributed by atoms with Crippen molar-refractivity contribution in [2.75, 3.05) is 13.1 Å². The molecule has 0 aliphatic heterocycles. The number of esters is 1. The summed E-state index contributed by atoms with van der Waals surface area (Å²) in [6.45, 7) is 12.1. The Morgan fingerprint density at radius 3 is 1.78 bits per heavy atom. The van der Waals surface area contributed by atoms with Crippen LogP contribution in [-0.2, 0) is 20.7 Å². The Kier molecular flexibility index (Phi) is 15.4. The van der Waals surface area contributed by atoms with Crippen LogP contribution in [0, 0.1) is 0 Å². The second-order valence-corrected chi connectivity index (χ2v) is 11.8. The number of ether oxygens (including phenoxy) is 2. The summed E-state index contributed by atoms with van der Waals surface area (Å²) in [6, 6.07) is 4.17. The van der Waals surface area contributed by atoms with Crippen molar-refractivity contribution in [2.45, 2.75) is 136 Å². The Morgan fingerprint density at radius 1 is 0.750 bits per heavy atom. The molecular weight excluding hydrogens is 452 g/mol. The molecule has 0 aliphatic rings. The third-order valence-corrected chi connectivity index (χ3v) is 5.77. The summed E-state index contributed by atoms with van der Waals surface area (Å²) in [7, 11) is 0. The van der Waals surface area contributed by atoms with Gasteiger partial charge in [0.2, 0.25) is 0 Å². The molecule has 0 bridgehead atoms. The second-order valence-electron chi connectivity index (χ2n) is 11.8. The lowest BCUT2D eigenvalue weighted by Crippen LogP contribution is -2.39. The number of aromatic nitrogens is 1. The van der Waals surface area contributed by atoms with E-state index in [1.165, 1.54) is 63.4 Å². The molecule has 0 aliphatic carbocycles.